The van der Waals surface area contributed by atoms with Gasteiger partial charge in [-0.25, -0.2) is 14.4 Å². The van der Waals surface area contributed by atoms with Crippen molar-refractivity contribution in [1.29, 1.82) is 0 Å². The zero-order valence-electron chi connectivity index (χ0n) is 16.8. The average molecular weight is 453 g/mol. The van der Waals surface area contributed by atoms with Crippen molar-refractivity contribution in [3.05, 3.63) is 29.2 Å². The topological polar surface area (TPSA) is 90.7 Å². The van der Waals surface area contributed by atoms with Gasteiger partial charge in [0.05, 0.1) is 30.6 Å². The Labute approximate surface area is 182 Å². The minimum Gasteiger partial charge on any atom is -0.591 e. The molecule has 2 aliphatic rings. The van der Waals surface area contributed by atoms with Crippen LogP contribution in [0.4, 0.5) is 4.39 Å². The van der Waals surface area contributed by atoms with Gasteiger partial charge in [0.2, 0.25) is 11.8 Å². The molecule has 0 spiro atoms. The first-order valence-electron chi connectivity index (χ1n) is 9.63. The Kier molecular flexibility index (Phi) is 5.63. The molecule has 1 aliphatic carbocycles. The molecule has 0 radical (unpaired) electrons. The summed E-state index contributed by atoms with van der Waals surface area (Å²) in [6, 6.07) is 1.68. The Morgan fingerprint density at radius 3 is 2.70 bits per heavy atom. The van der Waals surface area contributed by atoms with Crippen LogP contribution in [0.5, 0.6) is 5.88 Å². The predicted octanol–water partition coefficient (Wildman–Crippen LogP) is 3.11. The number of fused-ring (bicyclic) bond motifs is 1. The van der Waals surface area contributed by atoms with E-state index in [0.29, 0.717) is 41.5 Å². The van der Waals surface area contributed by atoms with Crippen molar-refractivity contribution < 1.29 is 18.5 Å². The van der Waals surface area contributed by atoms with Crippen molar-refractivity contribution in [3.8, 4) is 5.88 Å². The van der Waals surface area contributed by atoms with Crippen molar-refractivity contribution in [2.24, 2.45) is 10.3 Å². The van der Waals surface area contributed by atoms with Crippen LogP contribution in [0.25, 0.3) is 10.8 Å². The third-order valence-electron chi connectivity index (χ3n) is 5.01. The second-order valence-corrected chi connectivity index (χ2v) is 10.8. The van der Waals surface area contributed by atoms with Crippen LogP contribution in [0.1, 0.15) is 32.8 Å². The van der Waals surface area contributed by atoms with E-state index in [1.165, 1.54) is 6.21 Å². The molecule has 2 fully saturated rings. The number of rotatable bonds is 5. The maximum atomic E-state index is 13.1. The van der Waals surface area contributed by atoms with Crippen LogP contribution in [0.2, 0.25) is 5.15 Å². The van der Waals surface area contributed by atoms with Gasteiger partial charge in [-0.2, -0.15) is 0 Å². The third-order valence-corrected chi connectivity index (χ3v) is 6.56. The van der Waals surface area contributed by atoms with Gasteiger partial charge in [0.1, 0.15) is 33.5 Å². The predicted molar refractivity (Wildman–Crippen MR) is 114 cm³/mol. The Bertz CT molecular complexity index is 1010. The zero-order chi connectivity index (χ0) is 21.6. The van der Waals surface area contributed by atoms with E-state index in [0.717, 1.165) is 5.39 Å². The van der Waals surface area contributed by atoms with Crippen LogP contribution in [0.15, 0.2) is 22.9 Å². The quantitative estimate of drug-likeness (QED) is 0.395. The lowest BCUT2D eigenvalue weighted by atomic mass is 10.1. The number of amides is 1. The number of likely N-dealkylation sites (tertiary alicyclic amines) is 1. The maximum Gasteiger partial charge on any atom is 0.228 e. The summed E-state index contributed by atoms with van der Waals surface area (Å²) in [6.07, 6.45) is 3.77. The number of nitrogens with zero attached hydrogens (tertiary/aromatic N) is 4. The van der Waals surface area contributed by atoms with E-state index < -0.39 is 28.2 Å². The van der Waals surface area contributed by atoms with Crippen molar-refractivity contribution in [2.75, 3.05) is 13.1 Å². The van der Waals surface area contributed by atoms with Crippen LogP contribution < -0.4 is 4.74 Å². The molecule has 1 amide bonds. The molecule has 0 aromatic carbocycles. The maximum absolute atomic E-state index is 13.1. The Hall–Kier alpha value is -1.97. The number of carbonyl (C=O) groups excluding carboxylic acids is 1. The summed E-state index contributed by atoms with van der Waals surface area (Å²) in [6.45, 7) is 6.34. The number of hydrogen-bond donors (Lipinski definition) is 0. The Balaban J connectivity index is 1.51. The van der Waals surface area contributed by atoms with E-state index in [2.05, 4.69) is 14.4 Å². The second-order valence-electron chi connectivity index (χ2n) is 8.51. The van der Waals surface area contributed by atoms with Crippen LogP contribution in [-0.4, -0.2) is 61.7 Å². The molecule has 3 heterocycles. The van der Waals surface area contributed by atoms with Gasteiger partial charge in [-0.1, -0.05) is 16.0 Å². The third kappa shape index (κ3) is 4.38. The fraction of sp³-hybridized carbons (Fsp3) is 0.500. The standard InChI is InChI=1S/C20H22ClFN4O3S/c1-20(2,3)30(28)25-7-11-6-24-18(15-8-23-17(21)5-13(11)15)29-12-9-26(10-12)19(27)14-4-16(14)22/h5-8,12,14,16H,4,9-10H2,1-3H3/t14-,16+,30?/m1/s1. The van der Waals surface area contributed by atoms with Gasteiger partial charge in [0.15, 0.2) is 0 Å². The number of pyridine rings is 2. The highest BCUT2D eigenvalue weighted by atomic mass is 35.5. The van der Waals surface area contributed by atoms with Gasteiger partial charge in [0, 0.05) is 23.3 Å². The van der Waals surface area contributed by atoms with Crippen LogP contribution >= 0.6 is 11.6 Å². The van der Waals surface area contributed by atoms with Gasteiger partial charge in [0.25, 0.3) is 0 Å². The minimum absolute atomic E-state index is 0.146. The van der Waals surface area contributed by atoms with Crippen LogP contribution in [0, 0.1) is 5.92 Å². The van der Waals surface area contributed by atoms with E-state index in [4.69, 9.17) is 16.3 Å². The first-order chi connectivity index (χ1) is 14.1. The molecule has 7 nitrogen and oxygen atoms in total. The van der Waals surface area contributed by atoms with Crippen molar-refractivity contribution >= 4 is 45.9 Å². The first kappa shape index (κ1) is 21.3. The monoisotopic (exact) mass is 452 g/mol. The molecule has 10 heteroatoms. The van der Waals surface area contributed by atoms with E-state index in [9.17, 15) is 13.7 Å². The minimum atomic E-state index is -1.41. The van der Waals surface area contributed by atoms with Gasteiger partial charge >= 0.3 is 0 Å². The summed E-state index contributed by atoms with van der Waals surface area (Å²) in [5.41, 5.74) is 0.646. The van der Waals surface area contributed by atoms with Crippen LogP contribution in [-0.2, 0) is 16.2 Å². The molecule has 4 rings (SSSR count). The molecule has 0 N–H and O–H groups in total. The molecule has 1 saturated carbocycles. The molecular weight excluding hydrogens is 431 g/mol. The number of aromatic nitrogens is 2. The second kappa shape index (κ2) is 7.94. The largest absolute Gasteiger partial charge is 0.591 e. The summed E-state index contributed by atoms with van der Waals surface area (Å²) < 4.78 is 34.9. The summed E-state index contributed by atoms with van der Waals surface area (Å²) in [5, 5.41) is 1.66. The summed E-state index contributed by atoms with van der Waals surface area (Å²) in [7, 11) is 0. The van der Waals surface area contributed by atoms with Gasteiger partial charge in [-0.3, -0.25) is 4.79 Å². The number of ether oxygens (including phenoxy) is 1. The summed E-state index contributed by atoms with van der Waals surface area (Å²) in [5.74, 6) is -0.254. The molecule has 1 unspecified atom stereocenters. The van der Waals surface area contributed by atoms with E-state index >= 15 is 0 Å². The molecule has 3 atom stereocenters. The number of halogens is 2. The fourth-order valence-electron chi connectivity index (χ4n) is 3.07. The molecule has 160 valence electrons. The molecule has 30 heavy (non-hydrogen) atoms. The normalized spacial score (nSPS) is 22.9. The number of hydrogen-bond acceptors (Lipinski definition) is 6. The van der Waals surface area contributed by atoms with Crippen LogP contribution in [0.3, 0.4) is 0 Å². The van der Waals surface area contributed by atoms with Crippen molar-refractivity contribution in [2.45, 2.75) is 44.2 Å². The van der Waals surface area contributed by atoms with Gasteiger partial charge < -0.3 is 14.2 Å². The van der Waals surface area contributed by atoms with E-state index in [-0.39, 0.29) is 12.0 Å². The smallest absolute Gasteiger partial charge is 0.228 e. The number of alkyl halides is 1. The van der Waals surface area contributed by atoms with E-state index in [1.54, 1.807) is 23.4 Å². The number of carbonyl (C=O) groups is 1. The SMILES string of the molecule is CC(C)(C)[S+]([O-])N=Cc1cnc(OC2CN(C(=O)[C@@H]3C[C@@H]3F)C2)c2cnc(Cl)cc12. The molecule has 1 saturated heterocycles. The molecule has 2 aromatic heterocycles. The molecular formula is C20H22ClFN4O3S. The Morgan fingerprint density at radius 2 is 2.07 bits per heavy atom. The van der Waals surface area contributed by atoms with Crippen molar-refractivity contribution in [1.82, 2.24) is 14.9 Å². The van der Waals surface area contributed by atoms with Gasteiger partial charge in [-0.15, -0.1) is 0 Å². The van der Waals surface area contributed by atoms with Crippen molar-refractivity contribution in [3.63, 3.8) is 0 Å². The highest BCUT2D eigenvalue weighted by molar-refractivity contribution is 7.91. The zero-order valence-corrected chi connectivity index (χ0v) is 18.4. The highest BCUT2D eigenvalue weighted by Gasteiger charge is 2.48. The Morgan fingerprint density at radius 1 is 1.37 bits per heavy atom. The fourth-order valence-corrected chi connectivity index (χ4v) is 3.75. The first-order valence-corrected chi connectivity index (χ1v) is 11.1. The summed E-state index contributed by atoms with van der Waals surface area (Å²) in [4.78, 5) is 22.1. The molecule has 2 aromatic rings. The van der Waals surface area contributed by atoms with Gasteiger partial charge in [-0.05, 0) is 33.3 Å². The molecule has 0 bridgehead atoms. The lowest BCUT2D eigenvalue weighted by Gasteiger charge is -2.38. The summed E-state index contributed by atoms with van der Waals surface area (Å²) >= 11 is 4.67. The molecule has 1 aliphatic heterocycles. The lowest BCUT2D eigenvalue weighted by Crippen LogP contribution is -2.56. The lowest BCUT2D eigenvalue weighted by molar-refractivity contribution is -0.141. The average Bonchev–Trinajstić information content (AvgIpc) is 3.38. The van der Waals surface area contributed by atoms with E-state index in [1.807, 2.05) is 20.8 Å². The highest BCUT2D eigenvalue weighted by Crippen LogP contribution is 2.37.